The molecule has 0 aliphatic rings. The molecule has 0 atom stereocenters. The third kappa shape index (κ3) is 26.3. The molecule has 18 heavy (non-hydrogen) atoms. The van der Waals surface area contributed by atoms with Crippen molar-refractivity contribution in [3.63, 3.8) is 0 Å². The number of nitroso groups, excluding NO2 is 1. The number of hydrogen-bond acceptors (Lipinski definition) is 1. The van der Waals surface area contributed by atoms with Crippen LogP contribution in [0.1, 0.15) is 41.5 Å². The van der Waals surface area contributed by atoms with Gasteiger partial charge in [-0.2, -0.15) is 0 Å². The molecule has 0 radical (unpaired) electrons. The maximum absolute atomic E-state index is 7.25. The first-order valence-electron chi connectivity index (χ1n) is 6.44. The molecule has 0 N–H and O–H groups in total. The molecular weight excluding hydrogens is 422 g/mol. The van der Waals surface area contributed by atoms with Crippen LogP contribution < -0.4 is 0 Å². The molecule has 0 bridgehead atoms. The molecule has 0 saturated heterocycles. The van der Waals surface area contributed by atoms with Crippen LogP contribution in [0.5, 0.6) is 0 Å². The number of halogens is 1. The fourth-order valence-electron chi connectivity index (χ4n) is 1.34. The van der Waals surface area contributed by atoms with Gasteiger partial charge in [0.05, 0.1) is 0 Å². The third-order valence-electron chi connectivity index (χ3n) is 2.68. The molecule has 0 saturated carbocycles. The van der Waals surface area contributed by atoms with Crippen LogP contribution in [0.4, 0.5) is 0 Å². The van der Waals surface area contributed by atoms with E-state index >= 15 is 0 Å². The van der Waals surface area contributed by atoms with Crippen molar-refractivity contribution in [2.75, 3.05) is 37.0 Å². The molecule has 0 aliphatic carbocycles. The van der Waals surface area contributed by atoms with Crippen molar-refractivity contribution in [2.24, 2.45) is 0 Å². The molecule has 0 aromatic rings. The zero-order valence-electron chi connectivity index (χ0n) is 12.7. The summed E-state index contributed by atoms with van der Waals surface area (Å²) in [6.45, 7) is 13.7. The van der Waals surface area contributed by atoms with Gasteiger partial charge in [0.2, 0.25) is 0 Å². The van der Waals surface area contributed by atoms with Crippen LogP contribution in [0.15, 0.2) is 0 Å². The van der Waals surface area contributed by atoms with Gasteiger partial charge in [-0.25, -0.2) is 0 Å². The monoisotopic (exact) mass is 451 g/mol. The number of rotatable bonds is 6. The summed E-state index contributed by atoms with van der Waals surface area (Å²) in [6.07, 6.45) is 8.51. The normalized spacial score (nSPS) is 8.61. The van der Waals surface area contributed by atoms with Gasteiger partial charge < -0.3 is 10.5 Å². The second-order valence-electron chi connectivity index (χ2n) is 3.24. The predicted octanol–water partition coefficient (Wildman–Crippen LogP) is 6.26. The molecule has 0 fully saturated rings. The van der Waals surface area contributed by atoms with Crippen LogP contribution in [-0.2, 0) is 12.3 Å². The molecule has 0 rings (SSSR count). The van der Waals surface area contributed by atoms with E-state index in [1.165, 1.54) is 37.0 Å². The molecule has 6 heteroatoms. The zero-order chi connectivity index (χ0) is 15.4. The van der Waals surface area contributed by atoms with Gasteiger partial charge in [-0.15, -0.1) is 15.8 Å². The summed E-state index contributed by atoms with van der Waals surface area (Å²) in [5, 5.41) is 0. The van der Waals surface area contributed by atoms with Crippen LogP contribution in [0.2, 0.25) is 0 Å². The number of nitrogens with zero attached hydrogens (tertiary/aromatic N) is 1. The van der Waals surface area contributed by atoms with Crippen molar-refractivity contribution in [3.8, 4) is 0 Å². The quantitative estimate of drug-likeness (QED) is 0.267. The van der Waals surface area contributed by atoms with Gasteiger partial charge in [0.25, 0.3) is 0 Å². The van der Waals surface area contributed by atoms with Crippen molar-refractivity contribution in [1.29, 1.82) is 0 Å². The first kappa shape index (κ1) is 27.9. The summed E-state index contributed by atoms with van der Waals surface area (Å²) in [7, 11) is 0.892. The molecule has 0 heterocycles. The van der Waals surface area contributed by atoms with E-state index in [-0.39, 0.29) is 0 Å². The molecule has 117 valence electrons. The van der Waals surface area contributed by atoms with Crippen LogP contribution >= 0.6 is 36.3 Å². The van der Waals surface area contributed by atoms with E-state index in [0.717, 1.165) is 0 Å². The Morgan fingerprint density at radius 3 is 0.778 bits per heavy atom. The summed E-state index contributed by atoms with van der Waals surface area (Å²) >= 11 is 5.62. The van der Waals surface area contributed by atoms with Gasteiger partial charge in [0, 0.05) is 0 Å². The SMILES string of the molecule is CCP(CC)CC.CCP(CC)CC.[N-]=O.[Ni][I]. The van der Waals surface area contributed by atoms with Gasteiger partial charge in [-0.3, -0.25) is 0 Å². The average molecular weight is 452 g/mol. The van der Waals surface area contributed by atoms with Crippen molar-refractivity contribution >= 4 is 36.3 Å². The topological polar surface area (TPSA) is 39.4 Å². The van der Waals surface area contributed by atoms with Gasteiger partial charge >= 0.3 is 32.8 Å². The van der Waals surface area contributed by atoms with Crippen molar-refractivity contribution in [3.05, 3.63) is 10.5 Å². The Morgan fingerprint density at radius 1 is 0.667 bits per heavy atom. The van der Waals surface area contributed by atoms with E-state index < -0.39 is 0 Å². The molecular formula is C12H30INNiOP2-. The van der Waals surface area contributed by atoms with Gasteiger partial charge in [0.1, 0.15) is 0 Å². The van der Waals surface area contributed by atoms with E-state index in [0.29, 0.717) is 15.8 Å². The molecule has 0 amide bonds. The molecule has 2 nitrogen and oxygen atoms in total. The van der Waals surface area contributed by atoms with Crippen molar-refractivity contribution in [1.82, 2.24) is 0 Å². The van der Waals surface area contributed by atoms with Crippen LogP contribution in [-0.4, -0.2) is 37.0 Å². The number of hydrogen-bond donors (Lipinski definition) is 0. The minimum atomic E-state index is 0.446. The first-order valence-corrected chi connectivity index (χ1v) is 13.4. The minimum absolute atomic E-state index is 0.446. The second kappa shape index (κ2) is 31.2. The summed E-state index contributed by atoms with van der Waals surface area (Å²) < 4.78 is 0. The van der Waals surface area contributed by atoms with Crippen LogP contribution in [0.3, 0.4) is 0 Å². The summed E-state index contributed by atoms with van der Waals surface area (Å²) in [5.41, 5.74) is 5.75. The van der Waals surface area contributed by atoms with Crippen LogP contribution in [0.25, 0.3) is 5.59 Å². The standard InChI is InChI=1S/2C6H15P.HI.NO.Ni/c2*1-4-7(5-2)6-3;;1-2;/h2*4-6H2,1-3H3;1H;;/q;;;-1;+1/p-1. The Morgan fingerprint density at radius 2 is 0.778 bits per heavy atom. The molecule has 0 unspecified atom stereocenters. The van der Waals surface area contributed by atoms with E-state index in [1.807, 2.05) is 0 Å². The summed E-state index contributed by atoms with van der Waals surface area (Å²) in [5.74, 6) is 0. The third-order valence-corrected chi connectivity index (χ3v) is 8.05. The summed E-state index contributed by atoms with van der Waals surface area (Å²) in [6, 6.07) is 0. The Kier molecular flexibility index (Phi) is 48.4. The summed E-state index contributed by atoms with van der Waals surface area (Å²) in [4.78, 5) is 7.25. The van der Waals surface area contributed by atoms with E-state index in [2.05, 4.69) is 53.8 Å². The van der Waals surface area contributed by atoms with E-state index in [1.54, 1.807) is 20.5 Å². The second-order valence-corrected chi connectivity index (χ2v) is 9.72. The van der Waals surface area contributed by atoms with Gasteiger partial charge in [-0.05, 0) is 37.0 Å². The molecule has 0 aromatic heterocycles. The fourth-order valence-corrected chi connectivity index (χ4v) is 4.02. The van der Waals surface area contributed by atoms with Crippen LogP contribution in [0, 0.1) is 4.91 Å². The van der Waals surface area contributed by atoms with Crippen molar-refractivity contribution in [2.45, 2.75) is 41.5 Å². The van der Waals surface area contributed by atoms with Gasteiger partial charge in [-0.1, -0.05) is 41.5 Å². The maximum atomic E-state index is 7.25. The fraction of sp³-hybridized carbons (Fsp3) is 1.00. The van der Waals surface area contributed by atoms with Gasteiger partial charge in [0.15, 0.2) is 0 Å². The Labute approximate surface area is 137 Å². The Hall–Kier alpha value is 1.68. The van der Waals surface area contributed by atoms with E-state index in [9.17, 15) is 0 Å². The molecule has 0 aromatic carbocycles. The zero-order valence-corrected chi connectivity index (χ0v) is 17.6. The van der Waals surface area contributed by atoms with Crippen molar-refractivity contribution < 1.29 is 12.3 Å². The Balaban J connectivity index is -0.0000000851. The van der Waals surface area contributed by atoms with E-state index in [4.69, 9.17) is 10.5 Å². The first-order chi connectivity index (χ1) is 8.69. The molecule has 0 spiro atoms. The molecule has 0 aliphatic heterocycles. The predicted molar refractivity (Wildman–Crippen MR) is 97.8 cm³/mol. The average Bonchev–Trinajstić information content (AvgIpc) is 2.48. The Bertz CT molecular complexity index is 95.2.